The number of amides is 2. The Morgan fingerprint density at radius 3 is 2.59 bits per heavy atom. The van der Waals surface area contributed by atoms with Gasteiger partial charge in [-0.05, 0) is 59.9 Å². The number of carbonyl (C=O) groups is 1. The van der Waals surface area contributed by atoms with E-state index < -0.39 is 0 Å². The summed E-state index contributed by atoms with van der Waals surface area (Å²) in [6.07, 6.45) is 2.69. The number of anilines is 1. The minimum atomic E-state index is -0.250. The monoisotopic (exact) mass is 437 g/mol. The third-order valence-corrected chi connectivity index (χ3v) is 5.41. The summed E-state index contributed by atoms with van der Waals surface area (Å²) in [5.41, 5.74) is 3.86. The number of halogens is 1. The van der Waals surface area contributed by atoms with E-state index in [0.29, 0.717) is 32.2 Å². The zero-order chi connectivity index (χ0) is 22.9. The summed E-state index contributed by atoms with van der Waals surface area (Å²) in [5.74, 6) is 0.191. The molecule has 3 aromatic rings. The summed E-state index contributed by atoms with van der Waals surface area (Å²) in [6, 6.07) is 18.3. The highest BCUT2D eigenvalue weighted by Crippen LogP contribution is 2.18. The molecule has 1 N–H and O–H groups in total. The van der Waals surface area contributed by atoms with Crippen LogP contribution in [-0.4, -0.2) is 35.8 Å². The molecule has 6 heteroatoms. The van der Waals surface area contributed by atoms with Crippen molar-refractivity contribution < 1.29 is 13.9 Å². The van der Waals surface area contributed by atoms with E-state index in [9.17, 15) is 9.18 Å². The van der Waals surface area contributed by atoms with Crippen molar-refractivity contribution in [2.24, 2.45) is 0 Å². The average molecular weight is 438 g/mol. The van der Waals surface area contributed by atoms with Crippen LogP contribution in [0.5, 0.6) is 0 Å². The normalized spacial score (nSPS) is 11.0. The van der Waals surface area contributed by atoms with Gasteiger partial charge >= 0.3 is 6.03 Å². The maximum atomic E-state index is 13.6. The topological polar surface area (TPSA) is 46.5 Å². The van der Waals surface area contributed by atoms with Gasteiger partial charge in [-0.2, -0.15) is 0 Å². The predicted octanol–water partition coefficient (Wildman–Crippen LogP) is 5.87. The number of aromatic nitrogens is 1. The van der Waals surface area contributed by atoms with E-state index in [0.717, 1.165) is 23.4 Å². The highest BCUT2D eigenvalue weighted by molar-refractivity contribution is 5.89. The average Bonchev–Trinajstić information content (AvgIpc) is 3.20. The molecule has 0 spiro atoms. The zero-order valence-corrected chi connectivity index (χ0v) is 19.1. The van der Waals surface area contributed by atoms with Gasteiger partial charge in [0.1, 0.15) is 5.82 Å². The second kappa shape index (κ2) is 11.5. The molecule has 2 aromatic carbocycles. The lowest BCUT2D eigenvalue weighted by Gasteiger charge is -2.24. The molecule has 0 saturated heterocycles. The molecule has 170 valence electrons. The highest BCUT2D eigenvalue weighted by atomic mass is 19.1. The van der Waals surface area contributed by atoms with Gasteiger partial charge in [0.25, 0.3) is 0 Å². The third kappa shape index (κ3) is 6.69. The Kier molecular flexibility index (Phi) is 8.45. The molecule has 0 aliphatic rings. The Hall–Kier alpha value is -3.12. The lowest BCUT2D eigenvalue weighted by atomic mass is 10.0. The number of benzene rings is 2. The van der Waals surface area contributed by atoms with Crippen molar-refractivity contribution in [2.75, 3.05) is 25.6 Å². The molecule has 0 unspecified atom stereocenters. The van der Waals surface area contributed by atoms with E-state index in [-0.39, 0.29) is 11.8 Å². The smallest absolute Gasteiger partial charge is 0.322 e. The molecule has 0 fully saturated rings. The number of nitrogens with zero attached hydrogens (tertiary/aromatic N) is 2. The van der Waals surface area contributed by atoms with Gasteiger partial charge in [0.05, 0.1) is 6.54 Å². The summed E-state index contributed by atoms with van der Waals surface area (Å²) in [7, 11) is 1.66. The van der Waals surface area contributed by atoms with Crippen LogP contribution in [0.1, 0.15) is 43.0 Å². The Morgan fingerprint density at radius 1 is 1.12 bits per heavy atom. The van der Waals surface area contributed by atoms with E-state index >= 15 is 0 Å². The van der Waals surface area contributed by atoms with Crippen LogP contribution >= 0.6 is 0 Å². The number of urea groups is 1. The molecule has 1 aromatic heterocycles. The Morgan fingerprint density at radius 2 is 1.91 bits per heavy atom. The number of ether oxygens (including phenoxy) is 1. The van der Waals surface area contributed by atoms with Crippen molar-refractivity contribution in [2.45, 2.75) is 39.3 Å². The summed E-state index contributed by atoms with van der Waals surface area (Å²) in [5, 5.41) is 3.01. The fourth-order valence-electron chi connectivity index (χ4n) is 3.58. The van der Waals surface area contributed by atoms with Gasteiger partial charge in [-0.15, -0.1) is 0 Å². The minimum Gasteiger partial charge on any atom is -0.385 e. The Labute approximate surface area is 189 Å². The highest BCUT2D eigenvalue weighted by Gasteiger charge is 2.16. The van der Waals surface area contributed by atoms with Crippen LogP contribution in [0.25, 0.3) is 0 Å². The molecule has 0 radical (unpaired) electrons. The van der Waals surface area contributed by atoms with Crippen molar-refractivity contribution >= 4 is 11.7 Å². The summed E-state index contributed by atoms with van der Waals surface area (Å²) >= 11 is 0. The Bertz CT molecular complexity index is 998. The quantitative estimate of drug-likeness (QED) is 0.403. The van der Waals surface area contributed by atoms with Gasteiger partial charge in [-0.1, -0.05) is 38.1 Å². The van der Waals surface area contributed by atoms with Crippen LogP contribution in [0.2, 0.25) is 0 Å². The maximum Gasteiger partial charge on any atom is 0.322 e. The minimum absolute atomic E-state index is 0.156. The number of carbonyl (C=O) groups excluding carboxylic acids is 1. The van der Waals surface area contributed by atoms with Gasteiger partial charge in [-0.25, -0.2) is 9.18 Å². The number of hydrogen-bond acceptors (Lipinski definition) is 2. The van der Waals surface area contributed by atoms with Crippen LogP contribution in [0.15, 0.2) is 66.9 Å². The first kappa shape index (κ1) is 23.5. The van der Waals surface area contributed by atoms with Gasteiger partial charge in [0.2, 0.25) is 0 Å². The molecule has 3 rings (SSSR count). The number of hydrogen-bond donors (Lipinski definition) is 1. The molecule has 5 nitrogen and oxygen atoms in total. The molecule has 0 aliphatic heterocycles. The molecule has 0 bridgehead atoms. The summed E-state index contributed by atoms with van der Waals surface area (Å²) in [6.45, 7) is 6.42. The SMILES string of the molecule is COCCCN(Cc1cccn1Cc1cccc(F)c1)C(=O)Nc1ccc(C(C)C)cc1. The maximum absolute atomic E-state index is 13.6. The molecule has 2 amide bonds. The molecular formula is C26H32FN3O2. The second-order valence-electron chi connectivity index (χ2n) is 8.23. The Balaban J connectivity index is 1.71. The molecule has 0 atom stereocenters. The lowest BCUT2D eigenvalue weighted by Crippen LogP contribution is -2.36. The first-order valence-electron chi connectivity index (χ1n) is 11.0. The van der Waals surface area contributed by atoms with Crippen molar-refractivity contribution in [3.05, 3.63) is 89.5 Å². The first-order valence-corrected chi connectivity index (χ1v) is 11.0. The van der Waals surface area contributed by atoms with Gasteiger partial charge in [-0.3, -0.25) is 0 Å². The predicted molar refractivity (Wildman–Crippen MR) is 126 cm³/mol. The van der Waals surface area contributed by atoms with Crippen molar-refractivity contribution in [3.63, 3.8) is 0 Å². The molecule has 0 saturated carbocycles. The molecule has 32 heavy (non-hydrogen) atoms. The summed E-state index contributed by atoms with van der Waals surface area (Å²) < 4.78 is 20.8. The zero-order valence-electron chi connectivity index (χ0n) is 19.1. The van der Waals surface area contributed by atoms with Crippen molar-refractivity contribution in [1.29, 1.82) is 0 Å². The van der Waals surface area contributed by atoms with E-state index in [2.05, 4.69) is 19.2 Å². The fraction of sp³-hybridized carbons (Fsp3) is 0.346. The van der Waals surface area contributed by atoms with E-state index in [1.807, 2.05) is 53.2 Å². The molecule has 1 heterocycles. The van der Waals surface area contributed by atoms with Crippen molar-refractivity contribution in [1.82, 2.24) is 9.47 Å². The van der Waals surface area contributed by atoms with Gasteiger partial charge in [0, 0.05) is 44.4 Å². The summed E-state index contributed by atoms with van der Waals surface area (Å²) in [4.78, 5) is 14.9. The van der Waals surface area contributed by atoms with Crippen LogP contribution in [0, 0.1) is 5.82 Å². The van der Waals surface area contributed by atoms with E-state index in [1.165, 1.54) is 17.7 Å². The van der Waals surface area contributed by atoms with Crippen LogP contribution < -0.4 is 5.32 Å². The second-order valence-corrected chi connectivity index (χ2v) is 8.23. The van der Waals surface area contributed by atoms with Crippen LogP contribution in [0.3, 0.4) is 0 Å². The lowest BCUT2D eigenvalue weighted by molar-refractivity contribution is 0.171. The van der Waals surface area contributed by atoms with Crippen LogP contribution in [-0.2, 0) is 17.8 Å². The number of nitrogens with one attached hydrogen (secondary N) is 1. The number of methoxy groups -OCH3 is 1. The fourth-order valence-corrected chi connectivity index (χ4v) is 3.58. The van der Waals surface area contributed by atoms with Crippen molar-refractivity contribution in [3.8, 4) is 0 Å². The number of rotatable bonds is 10. The van der Waals surface area contributed by atoms with E-state index in [1.54, 1.807) is 18.1 Å². The van der Waals surface area contributed by atoms with Crippen LogP contribution in [0.4, 0.5) is 14.9 Å². The molecular weight excluding hydrogens is 405 g/mol. The molecule has 0 aliphatic carbocycles. The van der Waals surface area contributed by atoms with E-state index in [4.69, 9.17) is 4.74 Å². The standard InChI is InChI=1S/C26H32FN3O2/c1-20(2)22-10-12-24(13-11-22)28-26(31)30(15-6-16-32-3)19-25-9-5-14-29(25)18-21-7-4-8-23(27)17-21/h4-5,7-14,17,20H,6,15-16,18-19H2,1-3H3,(H,28,31). The van der Waals surface area contributed by atoms with Gasteiger partial charge < -0.3 is 19.5 Å². The first-order chi connectivity index (χ1) is 15.5. The van der Waals surface area contributed by atoms with Gasteiger partial charge in [0.15, 0.2) is 0 Å². The largest absolute Gasteiger partial charge is 0.385 e. The third-order valence-electron chi connectivity index (χ3n) is 5.41.